The number of rotatable bonds is 7. The number of aryl methyl sites for hydroxylation is 1. The molecule has 1 aliphatic heterocycles. The number of nitrogens with one attached hydrogen (secondary N) is 1. The number of fused-ring (bicyclic) bond motifs is 1. The first-order chi connectivity index (χ1) is 16.4. The van der Waals surface area contributed by atoms with Gasteiger partial charge >= 0.3 is 0 Å². The number of carbonyl (C=O) groups excluding carboxylic acids is 4. The van der Waals surface area contributed by atoms with E-state index in [1.807, 2.05) is 6.92 Å². The predicted molar refractivity (Wildman–Crippen MR) is 117 cm³/mol. The SMILES string of the molecule is CCc1nc(N)nc2c1C(=O)NC(c1ccc(F)cc1-c1cncc(C(C=O)(C=O)C=O)n1)C2. The maximum Gasteiger partial charge on any atom is 0.255 e. The third-order valence-corrected chi connectivity index (χ3v) is 5.67. The summed E-state index contributed by atoms with van der Waals surface area (Å²) < 4.78 is 14.3. The molecule has 4 rings (SSSR count). The van der Waals surface area contributed by atoms with Crippen LogP contribution in [0.5, 0.6) is 0 Å². The summed E-state index contributed by atoms with van der Waals surface area (Å²) in [6, 6.07) is 3.30. The van der Waals surface area contributed by atoms with Gasteiger partial charge in [-0.25, -0.2) is 19.3 Å². The molecule has 3 aromatic rings. The van der Waals surface area contributed by atoms with Crippen molar-refractivity contribution in [2.75, 3.05) is 5.73 Å². The van der Waals surface area contributed by atoms with E-state index >= 15 is 0 Å². The Morgan fingerprint density at radius 2 is 1.88 bits per heavy atom. The second-order valence-corrected chi connectivity index (χ2v) is 7.74. The fourth-order valence-electron chi connectivity index (χ4n) is 3.93. The summed E-state index contributed by atoms with van der Waals surface area (Å²) in [4.78, 5) is 64.0. The smallest absolute Gasteiger partial charge is 0.255 e. The first kappa shape index (κ1) is 22.8. The van der Waals surface area contributed by atoms with Crippen LogP contribution in [0, 0.1) is 5.82 Å². The van der Waals surface area contributed by atoms with Gasteiger partial charge in [-0.1, -0.05) is 13.0 Å². The lowest BCUT2D eigenvalue weighted by Crippen LogP contribution is -2.37. The van der Waals surface area contributed by atoms with Gasteiger partial charge in [-0.3, -0.25) is 9.78 Å². The largest absolute Gasteiger partial charge is 0.368 e. The topological polar surface area (TPSA) is 158 Å². The van der Waals surface area contributed by atoms with E-state index in [1.54, 1.807) is 0 Å². The zero-order chi connectivity index (χ0) is 24.5. The molecule has 0 spiro atoms. The third-order valence-electron chi connectivity index (χ3n) is 5.67. The highest BCUT2D eigenvalue weighted by Gasteiger charge is 2.35. The summed E-state index contributed by atoms with van der Waals surface area (Å²) in [7, 11) is 0. The molecule has 1 aromatic carbocycles. The first-order valence-electron chi connectivity index (χ1n) is 10.3. The van der Waals surface area contributed by atoms with Gasteiger partial charge in [0.1, 0.15) is 24.7 Å². The van der Waals surface area contributed by atoms with Crippen molar-refractivity contribution in [3.63, 3.8) is 0 Å². The van der Waals surface area contributed by atoms with Crippen LogP contribution in [0.25, 0.3) is 11.3 Å². The molecule has 0 bridgehead atoms. The highest BCUT2D eigenvalue weighted by atomic mass is 19.1. The molecular weight excluding hydrogens is 443 g/mol. The normalized spacial score (nSPS) is 15.2. The average molecular weight is 462 g/mol. The Balaban J connectivity index is 1.83. The summed E-state index contributed by atoms with van der Waals surface area (Å²) in [6.07, 6.45) is 3.67. The molecule has 34 heavy (non-hydrogen) atoms. The Labute approximate surface area is 192 Å². The van der Waals surface area contributed by atoms with Crippen LogP contribution >= 0.6 is 0 Å². The Bertz CT molecular complexity index is 1310. The average Bonchev–Trinajstić information content (AvgIpc) is 2.84. The number of amides is 1. The molecule has 1 atom stereocenters. The van der Waals surface area contributed by atoms with Crippen molar-refractivity contribution in [1.82, 2.24) is 25.3 Å². The molecule has 172 valence electrons. The zero-order valence-corrected chi connectivity index (χ0v) is 18.0. The van der Waals surface area contributed by atoms with Crippen LogP contribution in [0.3, 0.4) is 0 Å². The molecular formula is C23H19FN6O4. The zero-order valence-electron chi connectivity index (χ0n) is 18.0. The van der Waals surface area contributed by atoms with Gasteiger partial charge in [-0.05, 0) is 24.1 Å². The minimum atomic E-state index is -2.13. The van der Waals surface area contributed by atoms with E-state index in [9.17, 15) is 23.6 Å². The summed E-state index contributed by atoms with van der Waals surface area (Å²) in [6.45, 7) is 1.85. The molecule has 1 amide bonds. The van der Waals surface area contributed by atoms with E-state index in [-0.39, 0.29) is 54.1 Å². The minimum absolute atomic E-state index is 0.0508. The molecule has 11 heteroatoms. The standard InChI is InChI=1S/C23H19FN6O4/c1-2-15-20-17(30-22(25)29-15)6-16(28-21(20)34)13-4-3-12(24)5-14(13)18-7-26-8-19(27-18)23(9-31,10-32)11-33/h3-5,7-11,16H,2,6H2,1H3,(H,28,34)(H2,25,29,30). The summed E-state index contributed by atoms with van der Waals surface area (Å²) in [5.41, 5.74) is 5.72. The van der Waals surface area contributed by atoms with E-state index in [0.29, 0.717) is 28.9 Å². The fraction of sp³-hybridized carbons (Fsp3) is 0.217. The van der Waals surface area contributed by atoms with E-state index in [4.69, 9.17) is 5.73 Å². The number of halogens is 1. The summed E-state index contributed by atoms with van der Waals surface area (Å²) >= 11 is 0. The Morgan fingerprint density at radius 3 is 2.56 bits per heavy atom. The van der Waals surface area contributed by atoms with Gasteiger partial charge in [-0.15, -0.1) is 0 Å². The van der Waals surface area contributed by atoms with E-state index in [1.165, 1.54) is 24.4 Å². The number of carbonyl (C=O) groups is 4. The van der Waals surface area contributed by atoms with Gasteiger partial charge in [0.05, 0.1) is 46.8 Å². The van der Waals surface area contributed by atoms with Gasteiger partial charge in [0, 0.05) is 12.0 Å². The molecule has 1 aliphatic rings. The van der Waals surface area contributed by atoms with Crippen LogP contribution in [-0.4, -0.2) is 44.7 Å². The Hall–Kier alpha value is -4.41. The number of aldehydes is 3. The predicted octanol–water partition coefficient (Wildman–Crippen LogP) is 1.08. The fourth-order valence-corrected chi connectivity index (χ4v) is 3.93. The monoisotopic (exact) mass is 462 g/mol. The number of anilines is 1. The van der Waals surface area contributed by atoms with Crippen molar-refractivity contribution in [3.8, 4) is 11.3 Å². The van der Waals surface area contributed by atoms with Crippen LogP contribution in [0.4, 0.5) is 10.3 Å². The van der Waals surface area contributed by atoms with Gasteiger partial charge in [0.15, 0.2) is 5.41 Å². The Kier molecular flexibility index (Phi) is 5.93. The molecule has 10 nitrogen and oxygen atoms in total. The number of hydrogen-bond acceptors (Lipinski definition) is 9. The van der Waals surface area contributed by atoms with E-state index in [2.05, 4.69) is 25.3 Å². The van der Waals surface area contributed by atoms with Gasteiger partial charge < -0.3 is 25.4 Å². The molecule has 3 N–H and O–H groups in total. The van der Waals surface area contributed by atoms with E-state index in [0.717, 1.165) is 6.20 Å². The van der Waals surface area contributed by atoms with Crippen molar-refractivity contribution < 1.29 is 23.6 Å². The minimum Gasteiger partial charge on any atom is -0.368 e. The third kappa shape index (κ3) is 3.81. The molecule has 0 aliphatic carbocycles. The Morgan fingerprint density at radius 1 is 1.15 bits per heavy atom. The maximum absolute atomic E-state index is 14.3. The number of nitrogens with two attached hydrogens (primary N) is 1. The number of nitrogen functional groups attached to an aromatic ring is 1. The van der Waals surface area contributed by atoms with Crippen LogP contribution < -0.4 is 11.1 Å². The first-order valence-corrected chi connectivity index (χ1v) is 10.3. The number of hydrogen-bond donors (Lipinski definition) is 2. The molecule has 0 fully saturated rings. The van der Waals surface area contributed by atoms with Crippen molar-refractivity contribution in [1.29, 1.82) is 0 Å². The van der Waals surface area contributed by atoms with Crippen molar-refractivity contribution in [2.45, 2.75) is 31.2 Å². The van der Waals surface area contributed by atoms with Gasteiger partial charge in [-0.2, -0.15) is 0 Å². The molecule has 2 aromatic heterocycles. The van der Waals surface area contributed by atoms with Crippen LogP contribution in [0.2, 0.25) is 0 Å². The lowest BCUT2D eigenvalue weighted by atomic mass is 9.88. The highest BCUT2D eigenvalue weighted by molar-refractivity contribution is 6.08. The molecule has 0 saturated heterocycles. The molecule has 0 radical (unpaired) electrons. The quantitative estimate of drug-likeness (QED) is 0.387. The lowest BCUT2D eigenvalue weighted by molar-refractivity contribution is -0.127. The van der Waals surface area contributed by atoms with Gasteiger partial charge in [0.25, 0.3) is 5.91 Å². The maximum atomic E-state index is 14.3. The van der Waals surface area contributed by atoms with Crippen LogP contribution in [0.15, 0.2) is 30.6 Å². The van der Waals surface area contributed by atoms with Crippen molar-refractivity contribution in [2.24, 2.45) is 0 Å². The van der Waals surface area contributed by atoms with Gasteiger partial charge in [0.2, 0.25) is 5.95 Å². The van der Waals surface area contributed by atoms with Crippen molar-refractivity contribution in [3.05, 3.63) is 64.6 Å². The molecule has 1 unspecified atom stereocenters. The van der Waals surface area contributed by atoms with Crippen molar-refractivity contribution >= 4 is 30.7 Å². The van der Waals surface area contributed by atoms with Crippen LogP contribution in [-0.2, 0) is 32.6 Å². The number of aromatic nitrogens is 4. The highest BCUT2D eigenvalue weighted by Crippen LogP contribution is 2.33. The molecule has 0 saturated carbocycles. The second kappa shape index (κ2) is 8.85. The van der Waals surface area contributed by atoms with E-state index < -0.39 is 17.3 Å². The van der Waals surface area contributed by atoms with Crippen LogP contribution in [0.1, 0.15) is 46.0 Å². The number of nitrogens with zero attached hydrogens (tertiary/aromatic N) is 4. The summed E-state index contributed by atoms with van der Waals surface area (Å²) in [5.74, 6) is -0.921. The number of benzene rings is 1. The molecule has 3 heterocycles. The second-order valence-electron chi connectivity index (χ2n) is 7.74. The lowest BCUT2D eigenvalue weighted by Gasteiger charge is -2.28. The summed E-state index contributed by atoms with van der Waals surface area (Å²) in [5, 5.41) is 2.89.